The first-order valence-electron chi connectivity index (χ1n) is 9.65. The monoisotopic (exact) mass is 535 g/mol. The maximum Gasteiger partial charge on any atom is 0.244 e. The van der Waals surface area contributed by atoms with Gasteiger partial charge >= 0.3 is 0 Å². The van der Waals surface area contributed by atoms with E-state index in [2.05, 4.69) is 5.32 Å². The predicted octanol–water partition coefficient (Wildman–Crippen LogP) is 3.58. The number of sulfonamides is 1. The number of amides is 2. The number of nitrogens with zero attached hydrogens (tertiary/aromatic N) is 2. The van der Waals surface area contributed by atoms with Gasteiger partial charge in [-0.1, -0.05) is 40.9 Å². The van der Waals surface area contributed by atoms with Crippen LogP contribution in [0.4, 0.5) is 5.69 Å². The molecule has 12 heteroatoms. The Morgan fingerprint density at radius 1 is 1.09 bits per heavy atom. The molecule has 2 aromatic carbocycles. The van der Waals surface area contributed by atoms with Gasteiger partial charge in [-0.3, -0.25) is 13.9 Å². The zero-order valence-corrected chi connectivity index (χ0v) is 21.5. The van der Waals surface area contributed by atoms with Gasteiger partial charge in [0.2, 0.25) is 21.8 Å². The minimum atomic E-state index is -3.89. The van der Waals surface area contributed by atoms with Crippen molar-refractivity contribution in [2.24, 2.45) is 0 Å². The first-order chi connectivity index (χ1) is 15.4. The second-order valence-corrected chi connectivity index (χ2v) is 10.2. The summed E-state index contributed by atoms with van der Waals surface area (Å²) in [4.78, 5) is 26.9. The standard InChI is InChI=1S/C21H24Cl3N3O5S/c1-13(21(29)25-2)26(11-15-16(22)6-5-7-17(15)23)20(28)12-27(33(4,30)31)14-8-9-19(32-3)18(24)10-14/h5-10,13H,11-12H2,1-4H3,(H,25,29)/t13-/m1/s1. The zero-order chi connectivity index (χ0) is 24.9. The van der Waals surface area contributed by atoms with E-state index in [1.165, 1.54) is 44.2 Å². The van der Waals surface area contributed by atoms with Crippen LogP contribution >= 0.6 is 34.8 Å². The summed E-state index contributed by atoms with van der Waals surface area (Å²) in [5.41, 5.74) is 0.600. The van der Waals surface area contributed by atoms with Crippen LogP contribution in [0.25, 0.3) is 0 Å². The lowest BCUT2D eigenvalue weighted by Crippen LogP contribution is -2.50. The fourth-order valence-corrected chi connectivity index (χ4v) is 4.68. The Hall–Kier alpha value is -2.20. The van der Waals surface area contributed by atoms with Crippen molar-refractivity contribution in [2.45, 2.75) is 19.5 Å². The number of benzene rings is 2. The van der Waals surface area contributed by atoms with Crippen LogP contribution in [0.15, 0.2) is 36.4 Å². The highest BCUT2D eigenvalue weighted by Gasteiger charge is 2.30. The molecule has 8 nitrogen and oxygen atoms in total. The van der Waals surface area contributed by atoms with E-state index in [1.807, 2.05) is 0 Å². The largest absolute Gasteiger partial charge is 0.495 e. The van der Waals surface area contributed by atoms with Crippen LogP contribution in [0.1, 0.15) is 12.5 Å². The Kier molecular flexibility index (Phi) is 9.25. The molecule has 0 bridgehead atoms. The molecular weight excluding hydrogens is 513 g/mol. The number of rotatable bonds is 9. The maximum atomic E-state index is 13.4. The molecule has 0 spiro atoms. The van der Waals surface area contributed by atoms with Crippen molar-refractivity contribution in [2.75, 3.05) is 31.3 Å². The summed E-state index contributed by atoms with van der Waals surface area (Å²) in [5.74, 6) is -0.729. The number of hydrogen-bond acceptors (Lipinski definition) is 5. The first kappa shape index (κ1) is 27.0. The minimum absolute atomic E-state index is 0.104. The first-order valence-corrected chi connectivity index (χ1v) is 12.6. The van der Waals surface area contributed by atoms with Crippen LogP contribution < -0.4 is 14.4 Å². The Morgan fingerprint density at radius 2 is 1.70 bits per heavy atom. The van der Waals surface area contributed by atoms with Crippen LogP contribution in [0.5, 0.6) is 5.75 Å². The van der Waals surface area contributed by atoms with Crippen LogP contribution in [0, 0.1) is 0 Å². The van der Waals surface area contributed by atoms with Crippen LogP contribution in [0.3, 0.4) is 0 Å². The number of likely N-dealkylation sites (N-methyl/N-ethyl adjacent to an activating group) is 1. The van der Waals surface area contributed by atoms with Gasteiger partial charge in [-0.05, 0) is 37.3 Å². The SMILES string of the molecule is CNC(=O)[C@@H](C)N(Cc1c(Cl)cccc1Cl)C(=O)CN(c1ccc(OC)c(Cl)c1)S(C)(=O)=O. The topological polar surface area (TPSA) is 96.0 Å². The molecule has 0 aliphatic carbocycles. The normalized spacial score (nSPS) is 12.1. The van der Waals surface area contributed by atoms with Gasteiger partial charge in [0.15, 0.2) is 0 Å². The van der Waals surface area contributed by atoms with E-state index >= 15 is 0 Å². The van der Waals surface area contributed by atoms with Crippen molar-refractivity contribution in [1.29, 1.82) is 0 Å². The summed E-state index contributed by atoms with van der Waals surface area (Å²) in [6, 6.07) is 8.28. The highest BCUT2D eigenvalue weighted by Crippen LogP contribution is 2.31. The molecule has 2 amide bonds. The highest BCUT2D eigenvalue weighted by atomic mass is 35.5. The molecule has 2 aromatic rings. The minimum Gasteiger partial charge on any atom is -0.495 e. The van der Waals surface area contributed by atoms with E-state index < -0.39 is 34.4 Å². The van der Waals surface area contributed by atoms with Gasteiger partial charge < -0.3 is 15.0 Å². The third-order valence-electron chi connectivity index (χ3n) is 4.91. The Labute approximate surface area is 208 Å². The van der Waals surface area contributed by atoms with Gasteiger partial charge in [0, 0.05) is 29.2 Å². The lowest BCUT2D eigenvalue weighted by atomic mass is 10.1. The molecule has 2 rings (SSSR count). The van der Waals surface area contributed by atoms with Gasteiger partial charge in [0.1, 0.15) is 18.3 Å². The van der Waals surface area contributed by atoms with Crippen molar-refractivity contribution in [1.82, 2.24) is 10.2 Å². The Bertz CT molecular complexity index is 1120. The van der Waals surface area contributed by atoms with Crippen molar-refractivity contribution in [3.63, 3.8) is 0 Å². The van der Waals surface area contributed by atoms with E-state index in [9.17, 15) is 18.0 Å². The summed E-state index contributed by atoms with van der Waals surface area (Å²) >= 11 is 18.7. The van der Waals surface area contributed by atoms with Crippen LogP contribution in [0.2, 0.25) is 15.1 Å². The molecule has 1 atom stereocenters. The summed E-state index contributed by atoms with van der Waals surface area (Å²) in [7, 11) is -1.03. The molecule has 0 unspecified atom stereocenters. The van der Waals surface area contributed by atoms with E-state index in [1.54, 1.807) is 18.2 Å². The molecule has 0 aromatic heterocycles. The lowest BCUT2D eigenvalue weighted by molar-refractivity contribution is -0.139. The molecule has 0 heterocycles. The molecule has 1 N–H and O–H groups in total. The number of halogens is 3. The summed E-state index contributed by atoms with van der Waals surface area (Å²) in [5, 5.41) is 3.29. The number of hydrogen-bond donors (Lipinski definition) is 1. The van der Waals surface area contributed by atoms with E-state index in [-0.39, 0.29) is 17.3 Å². The average Bonchev–Trinajstić information content (AvgIpc) is 2.75. The average molecular weight is 537 g/mol. The second-order valence-electron chi connectivity index (χ2n) is 7.10. The van der Waals surface area contributed by atoms with Gasteiger partial charge in [0.25, 0.3) is 0 Å². The van der Waals surface area contributed by atoms with Crippen molar-refractivity contribution in [3.05, 3.63) is 57.0 Å². The molecule has 0 aliphatic rings. The molecule has 0 saturated carbocycles. The quantitative estimate of drug-likeness (QED) is 0.528. The van der Waals surface area contributed by atoms with E-state index in [0.717, 1.165) is 10.6 Å². The summed E-state index contributed by atoms with van der Waals surface area (Å²) in [6.45, 7) is 0.842. The molecular formula is C21H24Cl3N3O5S. The molecule has 0 aliphatic heterocycles. The number of methoxy groups -OCH3 is 1. The maximum absolute atomic E-state index is 13.4. The van der Waals surface area contributed by atoms with Crippen molar-refractivity contribution < 1.29 is 22.7 Å². The predicted molar refractivity (Wildman–Crippen MR) is 131 cm³/mol. The Morgan fingerprint density at radius 3 is 2.18 bits per heavy atom. The summed E-state index contributed by atoms with van der Waals surface area (Å²) in [6.07, 6.45) is 0.968. The molecule has 0 fully saturated rings. The third-order valence-corrected chi connectivity index (χ3v) is 7.05. The van der Waals surface area contributed by atoms with E-state index in [0.29, 0.717) is 21.4 Å². The number of carbonyl (C=O) groups excluding carboxylic acids is 2. The van der Waals surface area contributed by atoms with Gasteiger partial charge in [-0.15, -0.1) is 0 Å². The smallest absolute Gasteiger partial charge is 0.244 e. The lowest BCUT2D eigenvalue weighted by Gasteiger charge is -2.31. The number of carbonyl (C=O) groups is 2. The fraction of sp³-hybridized carbons (Fsp3) is 0.333. The van der Waals surface area contributed by atoms with Gasteiger partial charge in [-0.2, -0.15) is 0 Å². The molecule has 180 valence electrons. The summed E-state index contributed by atoms with van der Waals surface area (Å²) < 4.78 is 31.1. The molecule has 0 saturated heterocycles. The highest BCUT2D eigenvalue weighted by molar-refractivity contribution is 7.92. The third kappa shape index (κ3) is 6.66. The second kappa shape index (κ2) is 11.3. The molecule has 33 heavy (non-hydrogen) atoms. The van der Waals surface area contributed by atoms with Crippen molar-refractivity contribution >= 4 is 62.3 Å². The Balaban J connectivity index is 2.46. The number of nitrogens with one attached hydrogen (secondary N) is 1. The van der Waals surface area contributed by atoms with Gasteiger partial charge in [-0.25, -0.2) is 8.42 Å². The fourth-order valence-electron chi connectivity index (χ4n) is 3.07. The number of ether oxygens (including phenoxy) is 1. The van der Waals surface area contributed by atoms with Crippen molar-refractivity contribution in [3.8, 4) is 5.75 Å². The van der Waals surface area contributed by atoms with Gasteiger partial charge in [0.05, 0.1) is 24.1 Å². The number of anilines is 1. The zero-order valence-electron chi connectivity index (χ0n) is 18.4. The van der Waals surface area contributed by atoms with Crippen LogP contribution in [-0.4, -0.2) is 58.1 Å². The molecule has 0 radical (unpaired) electrons. The van der Waals surface area contributed by atoms with E-state index in [4.69, 9.17) is 39.5 Å². The van der Waals surface area contributed by atoms with Crippen LogP contribution in [-0.2, 0) is 26.2 Å².